The van der Waals surface area contributed by atoms with Gasteiger partial charge in [-0.25, -0.2) is 0 Å². The minimum atomic E-state index is -0.565. The first-order chi connectivity index (χ1) is 5.87. The minimum absolute atomic E-state index is 0.0442. The van der Waals surface area contributed by atoms with Gasteiger partial charge in [-0.05, 0) is 32.1 Å². The molecule has 1 N–H and O–H groups in total. The fourth-order valence-corrected chi connectivity index (χ4v) is 2.26. The highest BCUT2D eigenvalue weighted by Crippen LogP contribution is 2.44. The summed E-state index contributed by atoms with van der Waals surface area (Å²) >= 11 is 0. The van der Waals surface area contributed by atoms with Crippen molar-refractivity contribution < 1.29 is 5.11 Å². The summed E-state index contributed by atoms with van der Waals surface area (Å²) in [4.78, 5) is 0. The van der Waals surface area contributed by atoms with Crippen molar-refractivity contribution in [1.82, 2.24) is 0 Å². The maximum atomic E-state index is 10.5. The minimum Gasteiger partial charge on any atom is -0.385 e. The molecule has 1 heteroatoms. The maximum Gasteiger partial charge on any atom is 0.0880 e. The number of hydrogen-bond donors (Lipinski definition) is 1. The fraction of sp³-hybridized carbons (Fsp3) is 0.833. The molecule has 0 saturated heterocycles. The Labute approximate surface area is 81.9 Å². The lowest BCUT2D eigenvalue weighted by Crippen LogP contribution is -2.45. The van der Waals surface area contributed by atoms with Crippen molar-refractivity contribution in [3.8, 4) is 0 Å². The van der Waals surface area contributed by atoms with Gasteiger partial charge in [0.25, 0.3) is 0 Å². The van der Waals surface area contributed by atoms with Gasteiger partial charge in [0.2, 0.25) is 0 Å². The molecule has 1 unspecified atom stereocenters. The van der Waals surface area contributed by atoms with E-state index in [0.29, 0.717) is 0 Å². The molecule has 0 spiro atoms. The summed E-state index contributed by atoms with van der Waals surface area (Å²) in [7, 11) is 0. The van der Waals surface area contributed by atoms with Crippen LogP contribution in [0.4, 0.5) is 0 Å². The van der Waals surface area contributed by atoms with Crippen molar-refractivity contribution in [2.24, 2.45) is 5.41 Å². The van der Waals surface area contributed by atoms with Crippen LogP contribution in [0.2, 0.25) is 0 Å². The molecule has 1 atom stereocenters. The first-order valence-electron chi connectivity index (χ1n) is 5.26. The molecule has 1 nitrogen and oxygen atoms in total. The zero-order valence-corrected chi connectivity index (χ0v) is 9.35. The Bertz CT molecular complexity index is 211. The molecule has 13 heavy (non-hydrogen) atoms. The number of rotatable bonds is 1. The van der Waals surface area contributed by atoms with Gasteiger partial charge in [-0.15, -0.1) is 0 Å². The molecular formula is C12H22O. The lowest BCUT2D eigenvalue weighted by molar-refractivity contribution is -0.0569. The van der Waals surface area contributed by atoms with Gasteiger partial charge in [0, 0.05) is 0 Å². The summed E-state index contributed by atoms with van der Waals surface area (Å²) in [6.07, 6.45) is 6.51. The summed E-state index contributed by atoms with van der Waals surface area (Å²) in [6.45, 7) is 8.46. The van der Waals surface area contributed by atoms with Crippen LogP contribution in [0.25, 0.3) is 0 Å². The van der Waals surface area contributed by atoms with Crippen LogP contribution in [0.1, 0.15) is 53.4 Å². The van der Waals surface area contributed by atoms with Crippen LogP contribution in [-0.4, -0.2) is 10.7 Å². The Hall–Kier alpha value is -0.300. The van der Waals surface area contributed by atoms with E-state index in [1.165, 1.54) is 12.0 Å². The van der Waals surface area contributed by atoms with Crippen molar-refractivity contribution in [2.75, 3.05) is 0 Å². The normalized spacial score (nSPS) is 32.7. The predicted molar refractivity (Wildman–Crippen MR) is 56.6 cm³/mol. The molecule has 0 heterocycles. The summed E-state index contributed by atoms with van der Waals surface area (Å²) in [5, 5.41) is 10.5. The van der Waals surface area contributed by atoms with Crippen molar-refractivity contribution in [3.63, 3.8) is 0 Å². The molecule has 0 amide bonds. The molecule has 0 aromatic heterocycles. The van der Waals surface area contributed by atoms with Crippen LogP contribution in [0.3, 0.4) is 0 Å². The van der Waals surface area contributed by atoms with Crippen LogP contribution in [0, 0.1) is 5.41 Å². The lowest BCUT2D eigenvalue weighted by Gasteiger charge is -2.45. The van der Waals surface area contributed by atoms with E-state index in [9.17, 15) is 5.11 Å². The van der Waals surface area contributed by atoms with Crippen molar-refractivity contribution in [1.29, 1.82) is 0 Å². The lowest BCUT2D eigenvalue weighted by atomic mass is 9.65. The first-order valence-corrected chi connectivity index (χ1v) is 5.26. The second-order valence-electron chi connectivity index (χ2n) is 5.24. The zero-order valence-electron chi connectivity index (χ0n) is 9.35. The number of aliphatic hydroxyl groups is 1. The van der Waals surface area contributed by atoms with E-state index in [1.807, 2.05) is 6.08 Å². The van der Waals surface area contributed by atoms with Gasteiger partial charge in [-0.2, -0.15) is 0 Å². The van der Waals surface area contributed by atoms with Gasteiger partial charge in [-0.3, -0.25) is 0 Å². The molecular weight excluding hydrogens is 160 g/mol. The Kier molecular flexibility index (Phi) is 2.86. The Morgan fingerprint density at radius 1 is 1.15 bits per heavy atom. The molecule has 0 aromatic rings. The smallest absolute Gasteiger partial charge is 0.0880 e. The van der Waals surface area contributed by atoms with Gasteiger partial charge < -0.3 is 5.11 Å². The van der Waals surface area contributed by atoms with Crippen molar-refractivity contribution in [2.45, 2.75) is 59.0 Å². The Balaban J connectivity index is 2.91. The van der Waals surface area contributed by atoms with Gasteiger partial charge in [0.1, 0.15) is 0 Å². The second kappa shape index (κ2) is 3.45. The van der Waals surface area contributed by atoms with E-state index in [-0.39, 0.29) is 5.41 Å². The van der Waals surface area contributed by atoms with E-state index < -0.39 is 5.60 Å². The average molecular weight is 182 g/mol. The van der Waals surface area contributed by atoms with Crippen LogP contribution in [0.5, 0.6) is 0 Å². The van der Waals surface area contributed by atoms with Crippen LogP contribution in [-0.2, 0) is 0 Å². The van der Waals surface area contributed by atoms with Crippen LogP contribution in [0.15, 0.2) is 11.6 Å². The Morgan fingerprint density at radius 3 is 2.15 bits per heavy atom. The fourth-order valence-electron chi connectivity index (χ4n) is 2.26. The van der Waals surface area contributed by atoms with E-state index in [4.69, 9.17) is 0 Å². The third kappa shape index (κ3) is 2.14. The quantitative estimate of drug-likeness (QED) is 0.617. The van der Waals surface area contributed by atoms with Crippen molar-refractivity contribution in [3.05, 3.63) is 11.6 Å². The Morgan fingerprint density at radius 2 is 1.69 bits per heavy atom. The largest absolute Gasteiger partial charge is 0.385 e. The van der Waals surface area contributed by atoms with Gasteiger partial charge in [0.05, 0.1) is 5.60 Å². The molecule has 0 aromatic carbocycles. The third-order valence-electron chi connectivity index (χ3n) is 3.31. The molecule has 1 aliphatic carbocycles. The number of hydrogen-bond acceptors (Lipinski definition) is 1. The second-order valence-corrected chi connectivity index (χ2v) is 5.24. The zero-order chi connectivity index (χ0) is 10.1. The molecule has 1 saturated carbocycles. The van der Waals surface area contributed by atoms with Gasteiger partial charge in [0.15, 0.2) is 0 Å². The van der Waals surface area contributed by atoms with Gasteiger partial charge in [-0.1, -0.05) is 38.3 Å². The van der Waals surface area contributed by atoms with E-state index in [1.54, 1.807) is 0 Å². The molecule has 1 rings (SSSR count). The standard InChI is InChI=1S/C12H22O/c1-10(2)9-12(13)8-6-5-7-11(12,3)4/h9,13H,5-8H2,1-4H3. The summed E-state index contributed by atoms with van der Waals surface area (Å²) < 4.78 is 0. The predicted octanol–water partition coefficient (Wildman–Crippen LogP) is 3.28. The molecule has 1 fully saturated rings. The average Bonchev–Trinajstić information content (AvgIpc) is 1.94. The molecule has 0 bridgehead atoms. The highest BCUT2D eigenvalue weighted by atomic mass is 16.3. The van der Waals surface area contributed by atoms with E-state index >= 15 is 0 Å². The molecule has 1 aliphatic rings. The van der Waals surface area contributed by atoms with E-state index in [0.717, 1.165) is 19.3 Å². The van der Waals surface area contributed by atoms with Crippen LogP contribution < -0.4 is 0 Å². The summed E-state index contributed by atoms with van der Waals surface area (Å²) in [6, 6.07) is 0. The topological polar surface area (TPSA) is 20.2 Å². The summed E-state index contributed by atoms with van der Waals surface area (Å²) in [5.41, 5.74) is 0.699. The first kappa shape index (κ1) is 10.8. The third-order valence-corrected chi connectivity index (χ3v) is 3.31. The van der Waals surface area contributed by atoms with Crippen LogP contribution >= 0.6 is 0 Å². The molecule has 76 valence electrons. The van der Waals surface area contributed by atoms with Crippen molar-refractivity contribution >= 4 is 0 Å². The van der Waals surface area contributed by atoms with E-state index in [2.05, 4.69) is 27.7 Å². The number of allylic oxidation sites excluding steroid dienone is 1. The highest BCUT2D eigenvalue weighted by Gasteiger charge is 2.43. The van der Waals surface area contributed by atoms with Gasteiger partial charge >= 0.3 is 0 Å². The molecule has 0 aliphatic heterocycles. The molecule has 0 radical (unpaired) electrons. The highest BCUT2D eigenvalue weighted by molar-refractivity contribution is 5.13. The monoisotopic (exact) mass is 182 g/mol. The SMILES string of the molecule is CC(C)=CC1(O)CCCCC1(C)C. The maximum absolute atomic E-state index is 10.5. The summed E-state index contributed by atoms with van der Waals surface area (Å²) in [5.74, 6) is 0.